The Morgan fingerprint density at radius 1 is 1.06 bits per heavy atom. The molecule has 1 rings (SSSR count). The van der Waals surface area contributed by atoms with Crippen molar-refractivity contribution < 1.29 is 44.1 Å². The third-order valence-electron chi connectivity index (χ3n) is 4.68. The van der Waals surface area contributed by atoms with E-state index in [0.29, 0.717) is 6.42 Å². The Balaban J connectivity index is 2.95. The quantitative estimate of drug-likeness (QED) is 0.163. The Bertz CT molecular complexity index is 742. The van der Waals surface area contributed by atoms with Crippen LogP contribution in [0.15, 0.2) is 0 Å². The van der Waals surface area contributed by atoms with E-state index in [9.17, 15) is 33.9 Å². The largest absolute Gasteiger partial charge is 0.481 e. The van der Waals surface area contributed by atoms with Gasteiger partial charge in [-0.1, -0.05) is 0 Å². The summed E-state index contributed by atoms with van der Waals surface area (Å²) < 4.78 is 0. The van der Waals surface area contributed by atoms with Crippen LogP contribution in [0.1, 0.15) is 32.6 Å². The molecule has 4 amide bonds. The standard InChI is InChI=1S/C17H27N5O9/c1-7(23)13(19)16(29)22-4-2-3-10(22)15(28)20-8(6-12(25)26)14(27)21-9(17(30)31)5-11(18)24/h7-10,13,23H,2-6,19H2,1H3,(H2,18,24)(H,20,28)(H,21,27)(H,25,26)(H,30,31). The topological polar surface area (TPSA) is 242 Å². The van der Waals surface area contributed by atoms with E-state index < -0.39 is 78.7 Å². The predicted octanol–water partition coefficient (Wildman–Crippen LogP) is -3.91. The first kappa shape index (κ1) is 25.8. The molecule has 0 saturated carbocycles. The van der Waals surface area contributed by atoms with E-state index >= 15 is 0 Å². The first-order valence-electron chi connectivity index (χ1n) is 9.42. The molecule has 14 heteroatoms. The number of rotatable bonds is 11. The average molecular weight is 445 g/mol. The van der Waals surface area contributed by atoms with Crippen molar-refractivity contribution >= 4 is 35.6 Å². The molecule has 1 heterocycles. The summed E-state index contributed by atoms with van der Waals surface area (Å²) in [5, 5.41) is 31.8. The minimum absolute atomic E-state index is 0.173. The normalized spacial score (nSPS) is 19.6. The second-order valence-corrected chi connectivity index (χ2v) is 7.18. The van der Waals surface area contributed by atoms with Gasteiger partial charge in [-0.2, -0.15) is 0 Å². The zero-order valence-corrected chi connectivity index (χ0v) is 16.8. The van der Waals surface area contributed by atoms with Crippen molar-refractivity contribution in [2.45, 2.75) is 62.9 Å². The summed E-state index contributed by atoms with van der Waals surface area (Å²) in [6.07, 6.45) is -2.14. The van der Waals surface area contributed by atoms with Crippen molar-refractivity contribution in [1.29, 1.82) is 0 Å². The second-order valence-electron chi connectivity index (χ2n) is 7.18. The number of hydrogen-bond acceptors (Lipinski definition) is 8. The molecule has 0 aromatic heterocycles. The highest BCUT2D eigenvalue weighted by Crippen LogP contribution is 2.19. The maximum atomic E-state index is 12.7. The number of nitrogens with one attached hydrogen (secondary N) is 2. The van der Waals surface area contributed by atoms with Gasteiger partial charge in [0.15, 0.2) is 0 Å². The Morgan fingerprint density at radius 3 is 2.16 bits per heavy atom. The molecule has 1 fully saturated rings. The minimum Gasteiger partial charge on any atom is -0.481 e. The zero-order valence-electron chi connectivity index (χ0n) is 16.8. The van der Waals surface area contributed by atoms with Crippen LogP contribution in [0.3, 0.4) is 0 Å². The van der Waals surface area contributed by atoms with Gasteiger partial charge < -0.3 is 42.3 Å². The number of aliphatic hydroxyl groups is 1. The fourth-order valence-electron chi connectivity index (χ4n) is 3.03. The number of primary amides is 1. The molecule has 0 bridgehead atoms. The lowest BCUT2D eigenvalue weighted by Crippen LogP contribution is -2.58. The van der Waals surface area contributed by atoms with Gasteiger partial charge in [0.1, 0.15) is 24.2 Å². The van der Waals surface area contributed by atoms with Crippen molar-refractivity contribution in [3.05, 3.63) is 0 Å². The van der Waals surface area contributed by atoms with Crippen molar-refractivity contribution in [2.75, 3.05) is 6.54 Å². The van der Waals surface area contributed by atoms with E-state index in [1.807, 2.05) is 5.32 Å². The van der Waals surface area contributed by atoms with Crippen LogP contribution < -0.4 is 22.1 Å². The third kappa shape index (κ3) is 7.49. The summed E-state index contributed by atoms with van der Waals surface area (Å²) in [6, 6.07) is -5.71. The molecular weight excluding hydrogens is 418 g/mol. The van der Waals surface area contributed by atoms with Crippen LogP contribution in [0.2, 0.25) is 0 Å². The average Bonchev–Trinajstić information content (AvgIpc) is 3.14. The summed E-state index contributed by atoms with van der Waals surface area (Å²) in [6.45, 7) is 1.48. The van der Waals surface area contributed by atoms with E-state index in [4.69, 9.17) is 21.7 Å². The molecule has 5 unspecified atom stereocenters. The van der Waals surface area contributed by atoms with Crippen molar-refractivity contribution in [2.24, 2.45) is 11.5 Å². The molecule has 9 N–H and O–H groups in total. The number of likely N-dealkylation sites (tertiary alicyclic amines) is 1. The van der Waals surface area contributed by atoms with Crippen LogP contribution in [0, 0.1) is 0 Å². The number of aliphatic hydroxyl groups excluding tert-OH is 1. The molecule has 1 saturated heterocycles. The number of amides is 4. The van der Waals surface area contributed by atoms with Gasteiger partial charge >= 0.3 is 11.9 Å². The number of aliphatic carboxylic acids is 2. The maximum Gasteiger partial charge on any atom is 0.326 e. The lowest BCUT2D eigenvalue weighted by Gasteiger charge is -2.29. The first-order valence-corrected chi connectivity index (χ1v) is 9.42. The Kier molecular flexibility index (Phi) is 9.33. The fourth-order valence-corrected chi connectivity index (χ4v) is 3.03. The van der Waals surface area contributed by atoms with Gasteiger partial charge in [0.2, 0.25) is 23.6 Å². The molecule has 0 aromatic rings. The number of nitrogens with two attached hydrogens (primary N) is 2. The fraction of sp³-hybridized carbons (Fsp3) is 0.647. The van der Waals surface area contributed by atoms with E-state index in [1.165, 1.54) is 6.92 Å². The number of carboxylic acids is 2. The highest BCUT2D eigenvalue weighted by atomic mass is 16.4. The summed E-state index contributed by atoms with van der Waals surface area (Å²) in [5.41, 5.74) is 10.6. The summed E-state index contributed by atoms with van der Waals surface area (Å²) in [7, 11) is 0. The van der Waals surface area contributed by atoms with Gasteiger partial charge in [-0.05, 0) is 19.8 Å². The number of carbonyl (C=O) groups excluding carboxylic acids is 4. The van der Waals surface area contributed by atoms with Crippen molar-refractivity contribution in [3.8, 4) is 0 Å². The van der Waals surface area contributed by atoms with Crippen molar-refractivity contribution in [3.63, 3.8) is 0 Å². The van der Waals surface area contributed by atoms with Gasteiger partial charge in [0, 0.05) is 6.54 Å². The summed E-state index contributed by atoms with van der Waals surface area (Å²) in [5.74, 6) is -6.72. The monoisotopic (exact) mass is 445 g/mol. The van der Waals surface area contributed by atoms with Crippen LogP contribution in [-0.4, -0.2) is 92.6 Å². The maximum absolute atomic E-state index is 12.7. The van der Waals surface area contributed by atoms with E-state index in [0.717, 1.165) is 4.90 Å². The molecular formula is C17H27N5O9. The SMILES string of the molecule is CC(O)C(N)C(=O)N1CCCC1C(=O)NC(CC(=O)O)C(=O)NC(CC(N)=O)C(=O)O. The van der Waals surface area contributed by atoms with Gasteiger partial charge in [0.05, 0.1) is 18.9 Å². The Morgan fingerprint density at radius 2 is 1.68 bits per heavy atom. The van der Waals surface area contributed by atoms with Gasteiger partial charge in [-0.3, -0.25) is 24.0 Å². The smallest absolute Gasteiger partial charge is 0.326 e. The summed E-state index contributed by atoms with van der Waals surface area (Å²) >= 11 is 0. The molecule has 1 aliphatic heterocycles. The van der Waals surface area contributed by atoms with Gasteiger partial charge in [-0.15, -0.1) is 0 Å². The van der Waals surface area contributed by atoms with Gasteiger partial charge in [-0.25, -0.2) is 4.79 Å². The molecule has 14 nitrogen and oxygen atoms in total. The Labute approximate surface area is 176 Å². The lowest BCUT2D eigenvalue weighted by atomic mass is 10.1. The molecule has 0 radical (unpaired) electrons. The van der Waals surface area contributed by atoms with Crippen LogP contribution >= 0.6 is 0 Å². The highest BCUT2D eigenvalue weighted by Gasteiger charge is 2.39. The van der Waals surface area contributed by atoms with E-state index in [1.54, 1.807) is 0 Å². The summed E-state index contributed by atoms with van der Waals surface area (Å²) in [4.78, 5) is 71.9. The molecule has 0 spiro atoms. The Hall–Kier alpha value is -3.26. The van der Waals surface area contributed by atoms with Crippen LogP contribution in [0.5, 0.6) is 0 Å². The number of hydrogen-bond donors (Lipinski definition) is 7. The van der Waals surface area contributed by atoms with E-state index in [-0.39, 0.29) is 13.0 Å². The third-order valence-corrected chi connectivity index (χ3v) is 4.68. The van der Waals surface area contributed by atoms with E-state index in [2.05, 4.69) is 5.32 Å². The first-order chi connectivity index (χ1) is 14.3. The molecule has 0 aromatic carbocycles. The van der Waals surface area contributed by atoms with Crippen LogP contribution in [-0.2, 0) is 28.8 Å². The molecule has 31 heavy (non-hydrogen) atoms. The minimum atomic E-state index is -1.72. The number of nitrogens with zero attached hydrogens (tertiary/aromatic N) is 1. The second kappa shape index (κ2) is 11.2. The number of carbonyl (C=O) groups is 6. The van der Waals surface area contributed by atoms with Gasteiger partial charge in [0.25, 0.3) is 0 Å². The molecule has 1 aliphatic rings. The van der Waals surface area contributed by atoms with Crippen LogP contribution in [0.25, 0.3) is 0 Å². The predicted molar refractivity (Wildman–Crippen MR) is 102 cm³/mol. The lowest BCUT2D eigenvalue weighted by molar-refractivity contribution is -0.145. The highest BCUT2D eigenvalue weighted by molar-refractivity contribution is 5.96. The van der Waals surface area contributed by atoms with Crippen LogP contribution in [0.4, 0.5) is 0 Å². The molecule has 174 valence electrons. The molecule has 5 atom stereocenters. The number of carboxylic acid groups (broad SMARTS) is 2. The zero-order chi connectivity index (χ0) is 23.9. The van der Waals surface area contributed by atoms with Crippen molar-refractivity contribution in [1.82, 2.24) is 15.5 Å². The molecule has 0 aliphatic carbocycles.